The normalized spacial score (nSPS) is 18.0. The maximum absolute atomic E-state index is 13.8. The summed E-state index contributed by atoms with van der Waals surface area (Å²) < 4.78 is 14.3. The number of hydrogen-bond donors (Lipinski definition) is 0. The van der Waals surface area contributed by atoms with E-state index in [9.17, 15) is 9.18 Å². The van der Waals surface area contributed by atoms with Crippen molar-refractivity contribution in [2.45, 2.75) is 39.5 Å². The minimum absolute atomic E-state index is 0.0989. The second kappa shape index (κ2) is 8.60. The van der Waals surface area contributed by atoms with E-state index in [-0.39, 0.29) is 11.7 Å². The molecule has 1 aromatic carbocycles. The predicted octanol–water partition coefficient (Wildman–Crippen LogP) is 5.24. The van der Waals surface area contributed by atoms with Crippen molar-refractivity contribution in [3.05, 3.63) is 40.6 Å². The molecular weight excluding hydrogens is 329 g/mol. The average molecular weight is 352 g/mol. The number of hydrogen-bond acceptors (Lipinski definition) is 3. The lowest BCUT2D eigenvalue weighted by Gasteiger charge is -2.21. The van der Waals surface area contributed by atoms with E-state index in [0.717, 1.165) is 19.3 Å². The molecule has 1 saturated heterocycles. The summed E-state index contributed by atoms with van der Waals surface area (Å²) in [4.78, 5) is 14.8. The number of halogens is 1. The summed E-state index contributed by atoms with van der Waals surface area (Å²) in [5, 5.41) is 0. The number of carbonyl (C=O) groups excluding carboxylic acids is 1. The SMILES string of the molecule is CCCC[C@H](CC)CN1C(=O)/C(=C\c2ccccc2F)SC1=S. The second-order valence-electron chi connectivity index (χ2n) is 5.73. The maximum Gasteiger partial charge on any atom is 0.266 e. The molecule has 0 unspecified atom stereocenters. The molecule has 0 aromatic heterocycles. The average Bonchev–Trinajstić information content (AvgIpc) is 2.80. The van der Waals surface area contributed by atoms with Crippen molar-refractivity contribution in [1.82, 2.24) is 4.90 Å². The molecule has 1 atom stereocenters. The van der Waals surface area contributed by atoms with Crippen LogP contribution in [0, 0.1) is 11.7 Å². The first kappa shape index (κ1) is 18.1. The molecule has 23 heavy (non-hydrogen) atoms. The van der Waals surface area contributed by atoms with Crippen LogP contribution < -0.4 is 0 Å². The van der Waals surface area contributed by atoms with Crippen LogP contribution in [0.2, 0.25) is 0 Å². The zero-order valence-corrected chi connectivity index (χ0v) is 15.2. The largest absolute Gasteiger partial charge is 0.293 e. The summed E-state index contributed by atoms with van der Waals surface area (Å²) in [5.41, 5.74) is 0.422. The first-order valence-electron chi connectivity index (χ1n) is 8.06. The Kier molecular flexibility index (Phi) is 6.78. The van der Waals surface area contributed by atoms with E-state index < -0.39 is 0 Å². The highest BCUT2D eigenvalue weighted by molar-refractivity contribution is 8.26. The Bertz CT molecular complexity index is 615. The fourth-order valence-corrected chi connectivity index (χ4v) is 3.83. The number of rotatable bonds is 7. The van der Waals surface area contributed by atoms with Crippen molar-refractivity contribution in [1.29, 1.82) is 0 Å². The Hall–Kier alpha value is -1.20. The molecular formula is C18H22FNOS2. The highest BCUT2D eigenvalue weighted by Crippen LogP contribution is 2.34. The van der Waals surface area contributed by atoms with Crippen LogP contribution in [0.15, 0.2) is 29.2 Å². The lowest BCUT2D eigenvalue weighted by Crippen LogP contribution is -2.33. The Morgan fingerprint density at radius 1 is 1.35 bits per heavy atom. The smallest absolute Gasteiger partial charge is 0.266 e. The Morgan fingerprint density at radius 3 is 2.74 bits per heavy atom. The van der Waals surface area contributed by atoms with Crippen LogP contribution in [-0.4, -0.2) is 21.7 Å². The van der Waals surface area contributed by atoms with Gasteiger partial charge in [-0.25, -0.2) is 4.39 Å². The van der Waals surface area contributed by atoms with Crippen LogP contribution in [0.1, 0.15) is 45.1 Å². The van der Waals surface area contributed by atoms with E-state index in [4.69, 9.17) is 12.2 Å². The molecule has 1 amide bonds. The van der Waals surface area contributed by atoms with Crippen LogP contribution in [0.5, 0.6) is 0 Å². The van der Waals surface area contributed by atoms with E-state index in [2.05, 4.69) is 13.8 Å². The topological polar surface area (TPSA) is 20.3 Å². The van der Waals surface area contributed by atoms with Gasteiger partial charge in [0, 0.05) is 12.1 Å². The van der Waals surface area contributed by atoms with Crippen molar-refractivity contribution in [2.75, 3.05) is 6.54 Å². The molecule has 0 spiro atoms. The first-order valence-corrected chi connectivity index (χ1v) is 9.29. The first-order chi connectivity index (χ1) is 11.1. The summed E-state index contributed by atoms with van der Waals surface area (Å²) in [5.74, 6) is 0.0376. The third-order valence-electron chi connectivity index (χ3n) is 4.05. The van der Waals surface area contributed by atoms with Gasteiger partial charge in [0.15, 0.2) is 0 Å². The number of nitrogens with zero attached hydrogens (tertiary/aromatic N) is 1. The van der Waals surface area contributed by atoms with Gasteiger partial charge in [0.1, 0.15) is 10.1 Å². The predicted molar refractivity (Wildman–Crippen MR) is 99.6 cm³/mol. The summed E-state index contributed by atoms with van der Waals surface area (Å²) in [6.45, 7) is 4.98. The number of carbonyl (C=O) groups is 1. The molecule has 1 aliphatic rings. The molecule has 1 heterocycles. The van der Waals surface area contributed by atoms with Crippen molar-refractivity contribution in [3.8, 4) is 0 Å². The summed E-state index contributed by atoms with van der Waals surface area (Å²) in [6, 6.07) is 6.45. The summed E-state index contributed by atoms with van der Waals surface area (Å²) >= 11 is 6.62. The molecule has 0 saturated carbocycles. The molecule has 2 nitrogen and oxygen atoms in total. The lowest BCUT2D eigenvalue weighted by atomic mass is 9.99. The fourth-order valence-electron chi connectivity index (χ4n) is 2.57. The zero-order chi connectivity index (χ0) is 16.8. The van der Waals surface area contributed by atoms with Gasteiger partial charge < -0.3 is 0 Å². The van der Waals surface area contributed by atoms with Crippen LogP contribution in [-0.2, 0) is 4.79 Å². The molecule has 5 heteroatoms. The second-order valence-corrected chi connectivity index (χ2v) is 7.41. The minimum Gasteiger partial charge on any atom is -0.293 e. The van der Waals surface area contributed by atoms with Crippen LogP contribution >= 0.6 is 24.0 Å². The van der Waals surface area contributed by atoms with Gasteiger partial charge in [0.05, 0.1) is 4.91 Å². The molecule has 124 valence electrons. The van der Waals surface area contributed by atoms with E-state index in [1.165, 1.54) is 24.2 Å². The fraction of sp³-hybridized carbons (Fsp3) is 0.444. The van der Waals surface area contributed by atoms with Gasteiger partial charge in [-0.1, -0.05) is 75.3 Å². The third kappa shape index (κ3) is 4.64. The molecule has 1 aliphatic heterocycles. The molecule has 0 aliphatic carbocycles. The molecule has 0 radical (unpaired) electrons. The molecule has 2 rings (SSSR count). The van der Waals surface area contributed by atoms with Gasteiger partial charge in [0.2, 0.25) is 0 Å². The number of unbranched alkanes of at least 4 members (excludes halogenated alkanes) is 1. The Balaban J connectivity index is 2.12. The van der Waals surface area contributed by atoms with Crippen LogP contribution in [0.4, 0.5) is 4.39 Å². The van der Waals surface area contributed by atoms with Gasteiger partial charge in [0.25, 0.3) is 5.91 Å². The number of thioether (sulfide) groups is 1. The lowest BCUT2D eigenvalue weighted by molar-refractivity contribution is -0.122. The van der Waals surface area contributed by atoms with Crippen LogP contribution in [0.3, 0.4) is 0 Å². The van der Waals surface area contributed by atoms with Gasteiger partial charge in [-0.05, 0) is 24.5 Å². The Morgan fingerprint density at radius 2 is 2.09 bits per heavy atom. The quantitative estimate of drug-likeness (QED) is 0.495. The molecule has 1 aromatic rings. The number of benzene rings is 1. The van der Waals surface area contributed by atoms with Gasteiger partial charge in [-0.15, -0.1) is 0 Å². The standard InChI is InChI=1S/C18H22FNOS2/c1-3-5-8-13(4-2)12-20-17(21)16(23-18(20)22)11-14-9-6-7-10-15(14)19/h6-7,9-11,13H,3-5,8,12H2,1-2H3/b16-11+/t13-/m0/s1. The van der Waals surface area contributed by atoms with Gasteiger partial charge in [-0.2, -0.15) is 0 Å². The zero-order valence-electron chi connectivity index (χ0n) is 13.5. The van der Waals surface area contributed by atoms with E-state index >= 15 is 0 Å². The monoisotopic (exact) mass is 351 g/mol. The van der Waals surface area contributed by atoms with E-state index in [1.807, 2.05) is 0 Å². The van der Waals surface area contributed by atoms with Gasteiger partial charge >= 0.3 is 0 Å². The summed E-state index contributed by atoms with van der Waals surface area (Å²) in [6.07, 6.45) is 6.06. The van der Waals surface area contributed by atoms with Crippen molar-refractivity contribution < 1.29 is 9.18 Å². The summed E-state index contributed by atoms with van der Waals surface area (Å²) in [7, 11) is 0. The van der Waals surface area contributed by atoms with Crippen molar-refractivity contribution in [3.63, 3.8) is 0 Å². The number of thiocarbonyl (C=S) groups is 1. The Labute approximate surface area is 147 Å². The van der Waals surface area contributed by atoms with E-state index in [0.29, 0.717) is 27.3 Å². The molecule has 1 fully saturated rings. The van der Waals surface area contributed by atoms with E-state index in [1.54, 1.807) is 29.2 Å². The van der Waals surface area contributed by atoms with Crippen LogP contribution in [0.25, 0.3) is 6.08 Å². The maximum atomic E-state index is 13.8. The van der Waals surface area contributed by atoms with Gasteiger partial charge in [-0.3, -0.25) is 9.69 Å². The highest BCUT2D eigenvalue weighted by Gasteiger charge is 2.33. The molecule has 0 N–H and O–H groups in total. The highest BCUT2D eigenvalue weighted by atomic mass is 32.2. The van der Waals surface area contributed by atoms with Crippen molar-refractivity contribution >= 4 is 40.3 Å². The number of amides is 1. The minimum atomic E-state index is -0.327. The third-order valence-corrected chi connectivity index (χ3v) is 5.43. The van der Waals surface area contributed by atoms with Crippen molar-refractivity contribution in [2.24, 2.45) is 5.92 Å². The molecule has 0 bridgehead atoms.